The van der Waals surface area contributed by atoms with E-state index < -0.39 is 0 Å². The summed E-state index contributed by atoms with van der Waals surface area (Å²) < 4.78 is 0. The number of benzene rings is 4. The molecule has 4 aromatic rings. The molecule has 4 aromatic carbocycles. The fourth-order valence-electron chi connectivity index (χ4n) is 4.21. The van der Waals surface area contributed by atoms with Gasteiger partial charge in [-0.05, 0) is 22.3 Å². The summed E-state index contributed by atoms with van der Waals surface area (Å²) in [6, 6.07) is 41.1. The molecule has 1 aliphatic carbocycles. The third-order valence-electron chi connectivity index (χ3n) is 5.18. The standard InChI is InChI=1S/C25H16.2C3H8.Y/c1-3-11-19(12-4-1)25(20-13-5-2-6-14-20)23-17-9-7-15-21(23)22-16-8-10-18-24(22)25;2*1-3-2;/h1-11,13,15-18H;2*3H2,1-2H3;/q-2;;;. The molecule has 161 valence electrons. The third-order valence-corrected chi connectivity index (χ3v) is 5.18. The van der Waals surface area contributed by atoms with Gasteiger partial charge in [-0.1, -0.05) is 89.1 Å². The molecule has 0 nitrogen and oxygen atoms in total. The van der Waals surface area contributed by atoms with Crippen molar-refractivity contribution in [1.82, 2.24) is 0 Å². The first-order valence-corrected chi connectivity index (χ1v) is 11.4. The number of rotatable bonds is 2. The van der Waals surface area contributed by atoms with Crippen LogP contribution in [0.2, 0.25) is 0 Å². The van der Waals surface area contributed by atoms with Crippen molar-refractivity contribution in [3.63, 3.8) is 0 Å². The maximum atomic E-state index is 3.51. The summed E-state index contributed by atoms with van der Waals surface area (Å²) in [5.41, 5.74) is 7.17. The van der Waals surface area contributed by atoms with E-state index in [4.69, 9.17) is 0 Å². The normalized spacial score (nSPS) is 12.0. The minimum absolute atomic E-state index is 0. The monoisotopic (exact) mass is 493 g/mol. The second-order valence-corrected chi connectivity index (χ2v) is 7.81. The molecular weight excluding hydrogens is 461 g/mol. The summed E-state index contributed by atoms with van der Waals surface area (Å²) in [5.74, 6) is 0. The molecule has 0 bridgehead atoms. The Bertz CT molecular complexity index is 979. The van der Waals surface area contributed by atoms with E-state index in [1.807, 2.05) is 24.3 Å². The van der Waals surface area contributed by atoms with Crippen molar-refractivity contribution in [1.29, 1.82) is 0 Å². The van der Waals surface area contributed by atoms with Crippen LogP contribution in [-0.2, 0) is 38.1 Å². The Balaban J connectivity index is 0.000000471. The van der Waals surface area contributed by atoms with Crippen LogP contribution in [0.5, 0.6) is 0 Å². The molecule has 0 fully saturated rings. The Morgan fingerprint density at radius 2 is 0.875 bits per heavy atom. The Morgan fingerprint density at radius 1 is 0.531 bits per heavy atom. The van der Waals surface area contributed by atoms with Gasteiger partial charge in [-0.25, -0.2) is 0 Å². The summed E-state index contributed by atoms with van der Waals surface area (Å²) in [6.45, 7) is 8.50. The van der Waals surface area contributed by atoms with Gasteiger partial charge in [0, 0.05) is 38.1 Å². The van der Waals surface area contributed by atoms with Crippen molar-refractivity contribution in [2.45, 2.75) is 46.0 Å². The van der Waals surface area contributed by atoms with Crippen LogP contribution in [0.4, 0.5) is 0 Å². The third kappa shape index (κ3) is 4.98. The van der Waals surface area contributed by atoms with Gasteiger partial charge in [0.2, 0.25) is 0 Å². The first kappa shape index (κ1) is 26.2. The van der Waals surface area contributed by atoms with Crippen molar-refractivity contribution >= 4 is 0 Å². The molecule has 1 heteroatoms. The van der Waals surface area contributed by atoms with Crippen LogP contribution in [0.3, 0.4) is 0 Å². The minimum Gasteiger partial charge on any atom is -0.179 e. The zero-order valence-corrected chi connectivity index (χ0v) is 22.6. The Labute approximate surface area is 220 Å². The van der Waals surface area contributed by atoms with Crippen LogP contribution < -0.4 is 0 Å². The molecule has 5 rings (SSSR count). The summed E-state index contributed by atoms with van der Waals surface area (Å²) >= 11 is 0. The average Bonchev–Trinajstić information content (AvgIpc) is 3.13. The topological polar surface area (TPSA) is 0 Å². The zero-order valence-electron chi connectivity index (χ0n) is 19.7. The van der Waals surface area contributed by atoms with Crippen molar-refractivity contribution < 1.29 is 32.7 Å². The maximum Gasteiger partial charge on any atom is 0.0266 e. The fraction of sp³-hybridized carbons (Fsp3) is 0.226. The Kier molecular flexibility index (Phi) is 10.6. The van der Waals surface area contributed by atoms with E-state index in [2.05, 4.69) is 113 Å². The van der Waals surface area contributed by atoms with Gasteiger partial charge < -0.3 is 0 Å². The first-order valence-electron chi connectivity index (χ1n) is 11.4. The van der Waals surface area contributed by atoms with Gasteiger partial charge in [-0.15, -0.1) is 11.1 Å². The molecule has 0 aliphatic heterocycles. The van der Waals surface area contributed by atoms with Crippen LogP contribution in [-0.4, -0.2) is 0 Å². The van der Waals surface area contributed by atoms with Gasteiger partial charge in [0.15, 0.2) is 0 Å². The average molecular weight is 494 g/mol. The molecule has 0 saturated carbocycles. The van der Waals surface area contributed by atoms with Crippen molar-refractivity contribution in [2.75, 3.05) is 0 Å². The predicted molar refractivity (Wildman–Crippen MR) is 133 cm³/mol. The van der Waals surface area contributed by atoms with Gasteiger partial charge in [-0.2, -0.15) is 60.7 Å². The molecule has 1 aliphatic rings. The quantitative estimate of drug-likeness (QED) is 0.216. The van der Waals surface area contributed by atoms with Gasteiger partial charge in [0.05, 0.1) is 0 Å². The second-order valence-electron chi connectivity index (χ2n) is 7.81. The maximum absolute atomic E-state index is 3.51. The van der Waals surface area contributed by atoms with Crippen molar-refractivity contribution in [3.8, 4) is 11.1 Å². The predicted octanol–water partition coefficient (Wildman–Crippen LogP) is 8.48. The molecule has 0 atom stereocenters. The Morgan fingerprint density at radius 3 is 1.22 bits per heavy atom. The van der Waals surface area contributed by atoms with Gasteiger partial charge >= 0.3 is 0 Å². The Hall–Kier alpha value is -2.02. The van der Waals surface area contributed by atoms with Crippen LogP contribution in [0.25, 0.3) is 11.1 Å². The van der Waals surface area contributed by atoms with E-state index in [0.717, 1.165) is 11.1 Å². The second kappa shape index (κ2) is 12.9. The summed E-state index contributed by atoms with van der Waals surface area (Å²) in [6.07, 6.45) is 2.50. The molecule has 1 radical (unpaired) electrons. The van der Waals surface area contributed by atoms with Crippen molar-refractivity contribution in [3.05, 3.63) is 131 Å². The van der Waals surface area contributed by atoms with E-state index in [1.165, 1.54) is 35.1 Å². The molecule has 0 saturated heterocycles. The molecule has 0 heterocycles. The van der Waals surface area contributed by atoms with Gasteiger partial charge in [0.25, 0.3) is 0 Å². The van der Waals surface area contributed by atoms with Crippen molar-refractivity contribution in [2.24, 2.45) is 0 Å². The van der Waals surface area contributed by atoms with E-state index in [-0.39, 0.29) is 38.1 Å². The molecular formula is C31H32Y-2. The number of fused-ring (bicyclic) bond motifs is 3. The molecule has 0 spiro atoms. The van der Waals surface area contributed by atoms with Gasteiger partial charge in [-0.3, -0.25) is 0 Å². The van der Waals surface area contributed by atoms with E-state index in [1.54, 1.807) is 0 Å². The SMILES string of the molecule is CCC.CCC.[Y].[c-]1ccccc1C1(c2[c-]cccc2)c2ccccc2-c2ccccc21. The molecule has 32 heavy (non-hydrogen) atoms. The first-order chi connectivity index (χ1) is 15.2. The van der Waals surface area contributed by atoms with Crippen LogP contribution >= 0.6 is 0 Å². The zero-order chi connectivity index (χ0) is 22.1. The van der Waals surface area contributed by atoms with Gasteiger partial charge in [0.1, 0.15) is 0 Å². The number of hydrogen-bond acceptors (Lipinski definition) is 0. The minimum atomic E-state index is -0.365. The van der Waals surface area contributed by atoms with E-state index in [9.17, 15) is 0 Å². The van der Waals surface area contributed by atoms with E-state index in [0.29, 0.717) is 0 Å². The van der Waals surface area contributed by atoms with Crippen LogP contribution in [0, 0.1) is 12.1 Å². The fourth-order valence-corrected chi connectivity index (χ4v) is 4.21. The van der Waals surface area contributed by atoms with Crippen LogP contribution in [0.15, 0.2) is 97.1 Å². The molecule has 0 unspecified atom stereocenters. The molecule has 0 amide bonds. The smallest absolute Gasteiger partial charge is 0.0266 e. The molecule has 0 N–H and O–H groups in total. The molecule has 0 aromatic heterocycles. The summed E-state index contributed by atoms with van der Waals surface area (Å²) in [4.78, 5) is 0. The number of hydrogen-bond donors (Lipinski definition) is 0. The largest absolute Gasteiger partial charge is 0.179 e. The van der Waals surface area contributed by atoms with E-state index >= 15 is 0 Å². The van der Waals surface area contributed by atoms with Crippen LogP contribution in [0.1, 0.15) is 62.8 Å². The summed E-state index contributed by atoms with van der Waals surface area (Å²) in [7, 11) is 0. The summed E-state index contributed by atoms with van der Waals surface area (Å²) in [5, 5.41) is 0.